The molecule has 1 N–H and O–H groups in total. The van der Waals surface area contributed by atoms with Crippen molar-refractivity contribution in [3.63, 3.8) is 0 Å². The minimum atomic E-state index is -0.653. The molecule has 3 heterocycles. The van der Waals surface area contributed by atoms with Crippen molar-refractivity contribution in [2.75, 3.05) is 7.11 Å². The van der Waals surface area contributed by atoms with E-state index in [9.17, 15) is 14.9 Å². The van der Waals surface area contributed by atoms with Crippen LogP contribution in [-0.2, 0) is 13.2 Å². The third kappa shape index (κ3) is 4.93. The number of carbonyl (C=O) groups excluding carboxylic acids is 1. The third-order valence-corrected chi connectivity index (χ3v) is 5.16. The van der Waals surface area contributed by atoms with Crippen LogP contribution in [0, 0.1) is 10.1 Å². The zero-order valence-corrected chi connectivity index (χ0v) is 18.1. The van der Waals surface area contributed by atoms with Gasteiger partial charge in [0.25, 0.3) is 11.6 Å². The summed E-state index contributed by atoms with van der Waals surface area (Å²) in [6, 6.07) is 5.92. The second kappa shape index (κ2) is 9.82. The molecule has 33 heavy (non-hydrogen) atoms. The number of benzene rings is 1. The van der Waals surface area contributed by atoms with Crippen LogP contribution in [-0.4, -0.2) is 42.7 Å². The van der Waals surface area contributed by atoms with E-state index >= 15 is 0 Å². The van der Waals surface area contributed by atoms with E-state index in [4.69, 9.17) is 9.47 Å². The molecule has 0 saturated carbocycles. The second-order valence-electron chi connectivity index (χ2n) is 6.55. The fourth-order valence-corrected chi connectivity index (χ4v) is 3.52. The summed E-state index contributed by atoms with van der Waals surface area (Å²) >= 11 is 1.41. The first-order chi connectivity index (χ1) is 16.1. The maximum absolute atomic E-state index is 12.9. The molecule has 4 rings (SSSR count). The summed E-state index contributed by atoms with van der Waals surface area (Å²) in [7, 11) is 1.39. The van der Waals surface area contributed by atoms with Gasteiger partial charge < -0.3 is 14.8 Å². The number of hydrogen-bond acceptors (Lipinski definition) is 10. The molecule has 0 aliphatic heterocycles. The Labute approximate surface area is 191 Å². The van der Waals surface area contributed by atoms with Crippen molar-refractivity contribution in [3.05, 3.63) is 80.9 Å². The summed E-state index contributed by atoms with van der Waals surface area (Å²) in [5, 5.41) is 20.2. The standard InChI is InChI=1S/C20H17N7O5S/c1-31-17-5-15(16(27(29)30)6-18(17)32-8-14-9-33-12-24-14)20(28)23-7-13-3-2-4-22-19(13)26-11-21-10-25-26/h2-6,9-12H,7-8H2,1H3,(H,23,28). The van der Waals surface area contributed by atoms with E-state index in [0.29, 0.717) is 17.1 Å². The largest absolute Gasteiger partial charge is 0.493 e. The molecule has 0 unspecified atom stereocenters. The van der Waals surface area contributed by atoms with Crippen molar-refractivity contribution in [1.29, 1.82) is 0 Å². The van der Waals surface area contributed by atoms with Crippen LogP contribution < -0.4 is 14.8 Å². The highest BCUT2D eigenvalue weighted by atomic mass is 32.1. The molecule has 1 amide bonds. The Morgan fingerprint density at radius 2 is 2.18 bits per heavy atom. The van der Waals surface area contributed by atoms with Crippen molar-refractivity contribution < 1.29 is 19.2 Å². The van der Waals surface area contributed by atoms with Gasteiger partial charge in [0.05, 0.1) is 29.3 Å². The first-order valence-corrected chi connectivity index (χ1v) is 10.4. The Morgan fingerprint density at radius 1 is 1.30 bits per heavy atom. The van der Waals surface area contributed by atoms with Gasteiger partial charge in [0.1, 0.15) is 24.8 Å². The molecule has 0 saturated heterocycles. The Bertz CT molecular complexity index is 1260. The van der Waals surface area contributed by atoms with E-state index in [1.165, 1.54) is 47.9 Å². The zero-order valence-electron chi connectivity index (χ0n) is 17.2. The van der Waals surface area contributed by atoms with E-state index in [-0.39, 0.29) is 30.2 Å². The van der Waals surface area contributed by atoms with Crippen LogP contribution in [0.15, 0.2) is 54.0 Å². The number of nitrogens with one attached hydrogen (secondary N) is 1. The predicted octanol–water partition coefficient (Wildman–Crippen LogP) is 2.54. The molecule has 3 aromatic heterocycles. The number of methoxy groups -OCH3 is 1. The van der Waals surface area contributed by atoms with Gasteiger partial charge in [0.2, 0.25) is 0 Å². The average molecular weight is 467 g/mol. The summed E-state index contributed by atoms with van der Waals surface area (Å²) in [5.41, 5.74) is 2.40. The van der Waals surface area contributed by atoms with Crippen molar-refractivity contribution in [2.24, 2.45) is 0 Å². The quantitative estimate of drug-likeness (QED) is 0.290. The number of carbonyl (C=O) groups is 1. The highest BCUT2D eigenvalue weighted by Crippen LogP contribution is 2.35. The monoisotopic (exact) mass is 467 g/mol. The van der Waals surface area contributed by atoms with Gasteiger partial charge in [-0.3, -0.25) is 14.9 Å². The lowest BCUT2D eigenvalue weighted by Crippen LogP contribution is -2.25. The number of rotatable bonds is 9. The maximum Gasteiger partial charge on any atom is 0.286 e. The van der Waals surface area contributed by atoms with Gasteiger partial charge in [-0.1, -0.05) is 6.07 Å². The molecule has 0 aliphatic rings. The van der Waals surface area contributed by atoms with Crippen LogP contribution in [0.2, 0.25) is 0 Å². The number of pyridine rings is 1. The number of aromatic nitrogens is 5. The smallest absolute Gasteiger partial charge is 0.286 e. The van der Waals surface area contributed by atoms with Gasteiger partial charge >= 0.3 is 0 Å². The third-order valence-electron chi connectivity index (χ3n) is 4.52. The molecule has 168 valence electrons. The molecule has 0 spiro atoms. The summed E-state index contributed by atoms with van der Waals surface area (Å²) < 4.78 is 12.4. The number of ether oxygens (including phenoxy) is 2. The van der Waals surface area contributed by atoms with Gasteiger partial charge in [-0.05, 0) is 6.07 Å². The van der Waals surface area contributed by atoms with Gasteiger partial charge in [-0.15, -0.1) is 11.3 Å². The summed E-state index contributed by atoms with van der Waals surface area (Å²) in [5.74, 6) is 0.146. The van der Waals surface area contributed by atoms with Crippen molar-refractivity contribution >= 4 is 22.9 Å². The van der Waals surface area contributed by atoms with Gasteiger partial charge in [-0.25, -0.2) is 19.6 Å². The molecular formula is C20H17N7O5S. The molecule has 0 bridgehead atoms. The van der Waals surface area contributed by atoms with Crippen LogP contribution in [0.1, 0.15) is 21.6 Å². The Morgan fingerprint density at radius 3 is 2.88 bits per heavy atom. The van der Waals surface area contributed by atoms with E-state index in [1.54, 1.807) is 29.2 Å². The minimum absolute atomic E-state index is 0.0589. The van der Waals surface area contributed by atoms with Gasteiger partial charge in [0.15, 0.2) is 17.3 Å². The predicted molar refractivity (Wildman–Crippen MR) is 116 cm³/mol. The molecule has 4 aromatic rings. The fourth-order valence-electron chi connectivity index (χ4n) is 2.98. The first kappa shape index (κ1) is 21.8. The van der Waals surface area contributed by atoms with Crippen molar-refractivity contribution in [2.45, 2.75) is 13.2 Å². The molecule has 0 aliphatic carbocycles. The van der Waals surface area contributed by atoms with Crippen LogP contribution in [0.4, 0.5) is 5.69 Å². The lowest BCUT2D eigenvalue weighted by Gasteiger charge is -2.13. The number of amides is 1. The lowest BCUT2D eigenvalue weighted by molar-refractivity contribution is -0.385. The number of hydrogen-bond donors (Lipinski definition) is 1. The normalized spacial score (nSPS) is 10.6. The second-order valence-corrected chi connectivity index (χ2v) is 7.27. The van der Waals surface area contributed by atoms with E-state index in [2.05, 4.69) is 25.4 Å². The molecule has 12 nitrogen and oxygen atoms in total. The van der Waals surface area contributed by atoms with Crippen LogP contribution in [0.5, 0.6) is 11.5 Å². The number of nitrogens with zero attached hydrogens (tertiary/aromatic N) is 6. The SMILES string of the molecule is COc1cc(C(=O)NCc2cccnc2-n2cncn2)c([N+](=O)[O-])cc1OCc1cscn1. The lowest BCUT2D eigenvalue weighted by atomic mass is 10.1. The zero-order chi connectivity index (χ0) is 23.2. The van der Waals surface area contributed by atoms with Crippen molar-refractivity contribution in [3.8, 4) is 17.3 Å². The summed E-state index contributed by atoms with van der Waals surface area (Å²) in [4.78, 5) is 36.2. The Balaban J connectivity index is 1.56. The van der Waals surface area contributed by atoms with E-state index in [1.807, 2.05) is 0 Å². The summed E-state index contributed by atoms with van der Waals surface area (Å²) in [6.07, 6.45) is 4.43. The number of nitro benzene ring substituents is 1. The average Bonchev–Trinajstić information content (AvgIpc) is 3.55. The molecule has 0 atom stereocenters. The molecule has 0 fully saturated rings. The summed E-state index contributed by atoms with van der Waals surface area (Å²) in [6.45, 7) is 0.165. The molecule has 13 heteroatoms. The Kier molecular flexibility index (Phi) is 6.50. The number of nitro groups is 1. The van der Waals surface area contributed by atoms with Crippen LogP contribution in [0.3, 0.4) is 0 Å². The van der Waals surface area contributed by atoms with Crippen LogP contribution in [0.25, 0.3) is 5.82 Å². The highest BCUT2D eigenvalue weighted by Gasteiger charge is 2.25. The Hall–Kier alpha value is -4.39. The molecule has 0 radical (unpaired) electrons. The van der Waals surface area contributed by atoms with E-state index in [0.717, 1.165) is 0 Å². The van der Waals surface area contributed by atoms with E-state index < -0.39 is 16.5 Å². The number of thiazole rings is 1. The highest BCUT2D eigenvalue weighted by molar-refractivity contribution is 7.07. The molecule has 1 aromatic carbocycles. The van der Waals surface area contributed by atoms with Gasteiger partial charge in [-0.2, -0.15) is 5.10 Å². The molecular weight excluding hydrogens is 450 g/mol. The van der Waals surface area contributed by atoms with Gasteiger partial charge in [0, 0.05) is 29.8 Å². The van der Waals surface area contributed by atoms with Crippen molar-refractivity contribution in [1.82, 2.24) is 30.0 Å². The minimum Gasteiger partial charge on any atom is -0.493 e. The van der Waals surface area contributed by atoms with Crippen LogP contribution >= 0.6 is 11.3 Å². The fraction of sp³-hybridized carbons (Fsp3) is 0.150. The topological polar surface area (TPSA) is 147 Å². The maximum atomic E-state index is 12.9. The first-order valence-electron chi connectivity index (χ1n) is 9.50.